The van der Waals surface area contributed by atoms with Crippen molar-refractivity contribution < 1.29 is 9.59 Å². The van der Waals surface area contributed by atoms with E-state index in [2.05, 4.69) is 10.6 Å². The van der Waals surface area contributed by atoms with E-state index in [1.807, 2.05) is 32.0 Å². The van der Waals surface area contributed by atoms with Crippen LogP contribution in [0.25, 0.3) is 0 Å². The lowest BCUT2D eigenvalue weighted by Gasteiger charge is -2.26. The van der Waals surface area contributed by atoms with E-state index in [4.69, 9.17) is 5.73 Å². The van der Waals surface area contributed by atoms with Crippen LogP contribution in [0.3, 0.4) is 0 Å². The van der Waals surface area contributed by atoms with E-state index in [0.717, 1.165) is 16.7 Å². The van der Waals surface area contributed by atoms with Crippen LogP contribution in [0, 0.1) is 13.8 Å². The highest BCUT2D eigenvalue weighted by Gasteiger charge is 2.46. The third-order valence-corrected chi connectivity index (χ3v) is 3.46. The number of rotatable bonds is 3. The standard InChI is InChI=1S/C13H17N3O2/c1-8-3-4-10(7-9(8)2)13(5-6-14)11(17)15-12(18)16-13/h3-4,7H,5-6,14H2,1-2H3,(H2,15,16,17,18). The molecule has 18 heavy (non-hydrogen) atoms. The monoisotopic (exact) mass is 247 g/mol. The molecule has 0 bridgehead atoms. The Morgan fingerprint density at radius 3 is 2.44 bits per heavy atom. The molecule has 1 aromatic carbocycles. The number of nitrogens with one attached hydrogen (secondary N) is 2. The SMILES string of the molecule is Cc1ccc(C2(CCN)NC(=O)NC2=O)cc1C. The maximum Gasteiger partial charge on any atom is 0.322 e. The Hall–Kier alpha value is -1.88. The van der Waals surface area contributed by atoms with Gasteiger partial charge in [0.05, 0.1) is 0 Å². The number of imide groups is 1. The molecule has 3 amide bonds. The van der Waals surface area contributed by atoms with Gasteiger partial charge >= 0.3 is 6.03 Å². The van der Waals surface area contributed by atoms with Crippen molar-refractivity contribution in [1.82, 2.24) is 10.6 Å². The van der Waals surface area contributed by atoms with Crippen molar-refractivity contribution in [3.8, 4) is 0 Å². The van der Waals surface area contributed by atoms with Crippen LogP contribution >= 0.6 is 0 Å². The van der Waals surface area contributed by atoms with Gasteiger partial charge in [-0.1, -0.05) is 18.2 Å². The minimum absolute atomic E-state index is 0.320. The lowest BCUT2D eigenvalue weighted by Crippen LogP contribution is -2.45. The number of hydrogen-bond donors (Lipinski definition) is 3. The maximum absolute atomic E-state index is 12.0. The summed E-state index contributed by atoms with van der Waals surface area (Å²) in [6, 6.07) is 5.27. The molecule has 1 fully saturated rings. The van der Waals surface area contributed by atoms with Crippen LogP contribution in [0.2, 0.25) is 0 Å². The van der Waals surface area contributed by atoms with Crippen molar-refractivity contribution in [2.45, 2.75) is 25.8 Å². The van der Waals surface area contributed by atoms with Crippen molar-refractivity contribution in [2.24, 2.45) is 5.73 Å². The minimum atomic E-state index is -1.02. The molecule has 96 valence electrons. The summed E-state index contributed by atoms with van der Waals surface area (Å²) in [5.74, 6) is -0.332. The van der Waals surface area contributed by atoms with Gasteiger partial charge in [0, 0.05) is 0 Å². The molecular weight excluding hydrogens is 230 g/mol. The zero-order chi connectivity index (χ0) is 13.3. The van der Waals surface area contributed by atoms with E-state index in [-0.39, 0.29) is 5.91 Å². The Morgan fingerprint density at radius 1 is 1.22 bits per heavy atom. The van der Waals surface area contributed by atoms with Crippen LogP contribution < -0.4 is 16.4 Å². The molecule has 0 saturated carbocycles. The average Bonchev–Trinajstić information content (AvgIpc) is 2.59. The molecule has 0 aliphatic carbocycles. The average molecular weight is 247 g/mol. The van der Waals surface area contributed by atoms with E-state index in [1.165, 1.54) is 0 Å². The number of amides is 3. The van der Waals surface area contributed by atoms with Crippen LogP contribution in [0.5, 0.6) is 0 Å². The van der Waals surface area contributed by atoms with Crippen molar-refractivity contribution in [3.05, 3.63) is 34.9 Å². The predicted octanol–water partition coefficient (Wildman–Crippen LogP) is 0.687. The third-order valence-electron chi connectivity index (χ3n) is 3.46. The van der Waals surface area contributed by atoms with Gasteiger partial charge in [-0.05, 0) is 43.5 Å². The molecule has 1 heterocycles. The van der Waals surface area contributed by atoms with Crippen LogP contribution in [0.15, 0.2) is 18.2 Å². The smallest absolute Gasteiger partial charge is 0.322 e. The zero-order valence-electron chi connectivity index (χ0n) is 10.5. The van der Waals surface area contributed by atoms with Gasteiger partial charge in [0.15, 0.2) is 0 Å². The number of aryl methyl sites for hydroxylation is 2. The first-order valence-electron chi connectivity index (χ1n) is 5.91. The third kappa shape index (κ3) is 1.86. The molecule has 1 unspecified atom stereocenters. The predicted molar refractivity (Wildman–Crippen MR) is 67.9 cm³/mol. The molecule has 1 aliphatic rings. The number of nitrogens with two attached hydrogens (primary N) is 1. The molecule has 1 saturated heterocycles. The summed E-state index contributed by atoms with van der Waals surface area (Å²) in [5.41, 5.74) is 7.56. The Balaban J connectivity index is 2.50. The molecule has 0 spiro atoms. The molecule has 0 aromatic heterocycles. The van der Waals surface area contributed by atoms with Gasteiger partial charge in [-0.15, -0.1) is 0 Å². The molecule has 2 rings (SSSR count). The molecule has 1 atom stereocenters. The van der Waals surface area contributed by atoms with Gasteiger partial charge < -0.3 is 11.1 Å². The Morgan fingerprint density at radius 2 is 1.94 bits per heavy atom. The van der Waals surface area contributed by atoms with E-state index in [1.54, 1.807) is 0 Å². The molecule has 1 aliphatic heterocycles. The second-order valence-electron chi connectivity index (χ2n) is 4.65. The van der Waals surface area contributed by atoms with Crippen LogP contribution in [-0.4, -0.2) is 18.5 Å². The van der Waals surface area contributed by atoms with Gasteiger partial charge in [0.2, 0.25) is 0 Å². The fraction of sp³-hybridized carbons (Fsp3) is 0.385. The van der Waals surface area contributed by atoms with E-state index in [9.17, 15) is 9.59 Å². The summed E-state index contributed by atoms with van der Waals surface area (Å²) in [6.45, 7) is 4.30. The Kier molecular flexibility index (Phi) is 3.09. The van der Waals surface area contributed by atoms with Crippen LogP contribution in [0.1, 0.15) is 23.1 Å². The second kappa shape index (κ2) is 4.42. The Bertz CT molecular complexity index is 513. The van der Waals surface area contributed by atoms with Crippen molar-refractivity contribution in [2.75, 3.05) is 6.54 Å². The van der Waals surface area contributed by atoms with Crippen LogP contribution in [0.4, 0.5) is 4.79 Å². The van der Waals surface area contributed by atoms with Crippen molar-refractivity contribution in [1.29, 1.82) is 0 Å². The molecular formula is C13H17N3O2. The van der Waals surface area contributed by atoms with Gasteiger partial charge in [0.25, 0.3) is 5.91 Å². The number of benzene rings is 1. The quantitative estimate of drug-likeness (QED) is 0.687. The number of hydrogen-bond acceptors (Lipinski definition) is 3. The molecule has 5 heteroatoms. The summed E-state index contributed by atoms with van der Waals surface area (Å²) < 4.78 is 0. The summed E-state index contributed by atoms with van der Waals surface area (Å²) in [6.07, 6.45) is 0.382. The van der Waals surface area contributed by atoms with Gasteiger partial charge in [-0.2, -0.15) is 0 Å². The minimum Gasteiger partial charge on any atom is -0.330 e. The summed E-state index contributed by atoms with van der Waals surface area (Å²) in [5, 5.41) is 4.98. The van der Waals surface area contributed by atoms with Crippen LogP contribution in [-0.2, 0) is 10.3 Å². The van der Waals surface area contributed by atoms with Gasteiger partial charge in [-0.25, -0.2) is 4.79 Å². The summed E-state index contributed by atoms with van der Waals surface area (Å²) in [4.78, 5) is 23.4. The summed E-state index contributed by atoms with van der Waals surface area (Å²) in [7, 11) is 0. The number of urea groups is 1. The number of carbonyl (C=O) groups is 2. The molecule has 4 N–H and O–H groups in total. The molecule has 0 radical (unpaired) electrons. The van der Waals surface area contributed by atoms with E-state index in [0.29, 0.717) is 13.0 Å². The van der Waals surface area contributed by atoms with E-state index >= 15 is 0 Å². The summed E-state index contributed by atoms with van der Waals surface area (Å²) >= 11 is 0. The van der Waals surface area contributed by atoms with E-state index < -0.39 is 11.6 Å². The highest BCUT2D eigenvalue weighted by atomic mass is 16.2. The van der Waals surface area contributed by atoms with Gasteiger partial charge in [-0.3, -0.25) is 10.1 Å². The molecule has 1 aromatic rings. The first kappa shape index (κ1) is 12.6. The van der Waals surface area contributed by atoms with Crippen molar-refractivity contribution >= 4 is 11.9 Å². The highest BCUT2D eigenvalue weighted by Crippen LogP contribution is 2.29. The lowest BCUT2D eigenvalue weighted by molar-refractivity contribution is -0.124. The number of carbonyl (C=O) groups excluding carboxylic acids is 2. The molecule has 5 nitrogen and oxygen atoms in total. The first-order valence-corrected chi connectivity index (χ1v) is 5.91. The fourth-order valence-corrected chi connectivity index (χ4v) is 2.24. The zero-order valence-corrected chi connectivity index (χ0v) is 10.5. The first-order chi connectivity index (χ1) is 8.49. The lowest BCUT2D eigenvalue weighted by atomic mass is 9.85. The Labute approximate surface area is 106 Å². The second-order valence-corrected chi connectivity index (χ2v) is 4.65. The van der Waals surface area contributed by atoms with Gasteiger partial charge in [0.1, 0.15) is 5.54 Å². The largest absolute Gasteiger partial charge is 0.330 e. The highest BCUT2D eigenvalue weighted by molar-refractivity contribution is 6.07. The topological polar surface area (TPSA) is 84.2 Å². The maximum atomic E-state index is 12.0. The fourth-order valence-electron chi connectivity index (χ4n) is 2.24. The van der Waals surface area contributed by atoms with Crippen molar-refractivity contribution in [3.63, 3.8) is 0 Å². The normalized spacial score (nSPS) is 22.8.